The molecule has 0 bridgehead atoms. The van der Waals surface area contributed by atoms with Gasteiger partial charge in [-0.1, -0.05) is 66.7 Å². The van der Waals surface area contributed by atoms with E-state index in [4.69, 9.17) is 9.84 Å². The Morgan fingerprint density at radius 3 is 2.62 bits per heavy atom. The third-order valence-corrected chi connectivity index (χ3v) is 5.87. The fraction of sp³-hybridized carbons (Fsp3) is 0.207. The summed E-state index contributed by atoms with van der Waals surface area (Å²) < 4.78 is 20.2. The van der Waals surface area contributed by atoms with Gasteiger partial charge in [0.05, 0.1) is 0 Å². The average molecular weight is 458 g/mol. The van der Waals surface area contributed by atoms with Gasteiger partial charge in [-0.25, -0.2) is 4.39 Å². The molecule has 0 radical (unpaired) electrons. The summed E-state index contributed by atoms with van der Waals surface area (Å²) in [5.41, 5.74) is 3.66. The molecular formula is C29H28FNO3. The van der Waals surface area contributed by atoms with Crippen LogP contribution >= 0.6 is 0 Å². The van der Waals surface area contributed by atoms with E-state index in [0.717, 1.165) is 11.1 Å². The summed E-state index contributed by atoms with van der Waals surface area (Å²) in [7, 11) is 0. The molecule has 0 saturated carbocycles. The Morgan fingerprint density at radius 1 is 0.971 bits per heavy atom. The lowest BCUT2D eigenvalue weighted by Gasteiger charge is -2.17. The van der Waals surface area contributed by atoms with Crippen LogP contribution in [0.4, 0.5) is 4.39 Å². The Balaban J connectivity index is 1.38. The Labute approximate surface area is 199 Å². The number of hydrogen-bond donors (Lipinski definition) is 2. The maximum Gasteiger partial charge on any atom is 0.303 e. The van der Waals surface area contributed by atoms with Crippen LogP contribution in [0.5, 0.6) is 5.75 Å². The van der Waals surface area contributed by atoms with Crippen molar-refractivity contribution in [1.82, 2.24) is 5.32 Å². The zero-order valence-corrected chi connectivity index (χ0v) is 19.1. The molecule has 0 saturated heterocycles. The largest absolute Gasteiger partial charge is 0.492 e. The molecule has 4 aromatic rings. The predicted octanol–water partition coefficient (Wildman–Crippen LogP) is 6.39. The van der Waals surface area contributed by atoms with Gasteiger partial charge in [-0.15, -0.1) is 0 Å². The Kier molecular flexibility index (Phi) is 7.55. The molecule has 0 amide bonds. The van der Waals surface area contributed by atoms with Crippen LogP contribution in [-0.2, 0) is 11.2 Å². The van der Waals surface area contributed by atoms with E-state index >= 15 is 0 Å². The smallest absolute Gasteiger partial charge is 0.303 e. The first-order valence-corrected chi connectivity index (χ1v) is 11.4. The normalized spacial score (nSPS) is 11.9. The van der Waals surface area contributed by atoms with Crippen molar-refractivity contribution in [3.05, 3.63) is 102 Å². The molecule has 2 N–H and O–H groups in total. The van der Waals surface area contributed by atoms with Gasteiger partial charge in [0.15, 0.2) is 0 Å². The summed E-state index contributed by atoms with van der Waals surface area (Å²) in [5, 5.41) is 14.8. The third-order valence-electron chi connectivity index (χ3n) is 5.87. The van der Waals surface area contributed by atoms with Crippen LogP contribution in [0.2, 0.25) is 0 Å². The molecule has 174 valence electrons. The fourth-order valence-corrected chi connectivity index (χ4v) is 4.15. The minimum atomic E-state index is -0.838. The summed E-state index contributed by atoms with van der Waals surface area (Å²) in [6.45, 7) is 3.14. The lowest BCUT2D eigenvalue weighted by molar-refractivity contribution is -0.136. The highest BCUT2D eigenvalue weighted by atomic mass is 19.1. The first-order chi connectivity index (χ1) is 16.5. The van der Waals surface area contributed by atoms with E-state index in [-0.39, 0.29) is 18.3 Å². The molecule has 4 rings (SSSR count). The van der Waals surface area contributed by atoms with E-state index in [9.17, 15) is 9.18 Å². The maximum atomic E-state index is 14.3. The van der Waals surface area contributed by atoms with Gasteiger partial charge < -0.3 is 15.2 Å². The molecule has 4 aromatic carbocycles. The van der Waals surface area contributed by atoms with Gasteiger partial charge in [-0.05, 0) is 58.5 Å². The number of carboxylic acids is 1. The molecular weight excluding hydrogens is 429 g/mol. The molecule has 0 unspecified atom stereocenters. The van der Waals surface area contributed by atoms with Gasteiger partial charge in [0.1, 0.15) is 18.2 Å². The monoisotopic (exact) mass is 457 g/mol. The van der Waals surface area contributed by atoms with Crippen molar-refractivity contribution in [2.75, 3.05) is 13.2 Å². The molecule has 0 fully saturated rings. The molecule has 0 aliphatic carbocycles. The minimum absolute atomic E-state index is 0.0607. The standard InChI is InChI=1S/C29H28FNO3/c1-20(27-11-5-8-22-7-2-3-10-28(22)27)31-14-15-34-26-18-24(17-25(30)19-26)23-9-4-6-21(16-23)12-13-29(32)33/h2-11,16-20,31H,12-15H2,1H3,(H,32,33)/t20-/m1/s1. The van der Waals surface area contributed by atoms with Crippen LogP contribution in [0.1, 0.15) is 30.5 Å². The van der Waals surface area contributed by atoms with E-state index in [0.29, 0.717) is 30.9 Å². The number of carboxylic acid groups (broad SMARTS) is 1. The molecule has 34 heavy (non-hydrogen) atoms. The van der Waals surface area contributed by atoms with Crippen molar-refractivity contribution in [1.29, 1.82) is 0 Å². The zero-order valence-electron chi connectivity index (χ0n) is 19.1. The second-order valence-electron chi connectivity index (χ2n) is 8.36. The molecule has 0 aliphatic heterocycles. The highest BCUT2D eigenvalue weighted by Gasteiger charge is 2.10. The molecule has 1 atom stereocenters. The van der Waals surface area contributed by atoms with Crippen LogP contribution in [0.3, 0.4) is 0 Å². The van der Waals surface area contributed by atoms with E-state index in [1.54, 1.807) is 0 Å². The first-order valence-electron chi connectivity index (χ1n) is 11.4. The van der Waals surface area contributed by atoms with Gasteiger partial charge in [0.25, 0.3) is 0 Å². The van der Waals surface area contributed by atoms with Crippen molar-refractivity contribution < 1.29 is 19.0 Å². The summed E-state index contributed by atoms with van der Waals surface area (Å²) in [6, 6.07) is 27.0. The number of ether oxygens (including phenoxy) is 1. The maximum absolute atomic E-state index is 14.3. The van der Waals surface area contributed by atoms with Crippen LogP contribution in [-0.4, -0.2) is 24.2 Å². The van der Waals surface area contributed by atoms with Crippen LogP contribution in [0.25, 0.3) is 21.9 Å². The number of carbonyl (C=O) groups is 1. The summed E-state index contributed by atoms with van der Waals surface area (Å²) in [4.78, 5) is 10.9. The predicted molar refractivity (Wildman–Crippen MR) is 134 cm³/mol. The quantitative estimate of drug-likeness (QED) is 0.271. The Morgan fingerprint density at radius 2 is 1.76 bits per heavy atom. The highest BCUT2D eigenvalue weighted by Crippen LogP contribution is 2.27. The van der Waals surface area contributed by atoms with Crippen LogP contribution in [0.15, 0.2) is 84.9 Å². The van der Waals surface area contributed by atoms with Crippen molar-refractivity contribution in [3.63, 3.8) is 0 Å². The fourth-order valence-electron chi connectivity index (χ4n) is 4.15. The number of rotatable bonds is 10. The second-order valence-corrected chi connectivity index (χ2v) is 8.36. The number of benzene rings is 4. The van der Waals surface area contributed by atoms with Crippen molar-refractivity contribution in [2.24, 2.45) is 0 Å². The second kappa shape index (κ2) is 10.9. The summed E-state index contributed by atoms with van der Waals surface area (Å²) in [6.07, 6.45) is 0.494. The molecule has 5 heteroatoms. The van der Waals surface area contributed by atoms with Crippen LogP contribution < -0.4 is 10.1 Å². The Bertz CT molecular complexity index is 1280. The molecule has 4 nitrogen and oxygen atoms in total. The number of fused-ring (bicyclic) bond motifs is 1. The average Bonchev–Trinajstić information content (AvgIpc) is 2.85. The highest BCUT2D eigenvalue weighted by molar-refractivity contribution is 5.86. The number of aliphatic carboxylic acids is 1. The van der Waals surface area contributed by atoms with Gasteiger partial charge in [-0.3, -0.25) is 4.79 Å². The number of nitrogens with one attached hydrogen (secondary N) is 1. The van der Waals surface area contributed by atoms with Gasteiger partial charge in [-0.2, -0.15) is 0 Å². The SMILES string of the molecule is C[C@@H](NCCOc1cc(F)cc(-c2cccc(CCC(=O)O)c2)c1)c1cccc2ccccc12. The van der Waals surface area contributed by atoms with Crippen molar-refractivity contribution in [3.8, 4) is 16.9 Å². The number of aryl methyl sites for hydroxylation is 1. The lowest BCUT2D eigenvalue weighted by Crippen LogP contribution is -2.24. The van der Waals surface area contributed by atoms with E-state index in [2.05, 4.69) is 42.6 Å². The van der Waals surface area contributed by atoms with E-state index in [1.165, 1.54) is 28.5 Å². The zero-order chi connectivity index (χ0) is 23.9. The Hall–Kier alpha value is -3.70. The van der Waals surface area contributed by atoms with Crippen LogP contribution in [0, 0.1) is 5.82 Å². The minimum Gasteiger partial charge on any atom is -0.492 e. The lowest BCUT2D eigenvalue weighted by atomic mass is 10.00. The van der Waals surface area contributed by atoms with Crippen molar-refractivity contribution >= 4 is 16.7 Å². The van der Waals surface area contributed by atoms with Gasteiger partial charge >= 0.3 is 5.97 Å². The van der Waals surface area contributed by atoms with E-state index < -0.39 is 5.97 Å². The molecule has 0 heterocycles. The third kappa shape index (κ3) is 6.00. The van der Waals surface area contributed by atoms with Gasteiger partial charge in [0.2, 0.25) is 0 Å². The number of hydrogen-bond acceptors (Lipinski definition) is 3. The van der Waals surface area contributed by atoms with E-state index in [1.807, 2.05) is 42.5 Å². The topological polar surface area (TPSA) is 58.6 Å². The van der Waals surface area contributed by atoms with Crippen molar-refractivity contribution in [2.45, 2.75) is 25.8 Å². The number of halogens is 1. The van der Waals surface area contributed by atoms with Gasteiger partial charge in [0, 0.05) is 25.1 Å². The molecule has 0 aliphatic rings. The summed E-state index contributed by atoms with van der Waals surface area (Å²) in [5.74, 6) is -0.749. The molecule has 0 aromatic heterocycles. The molecule has 0 spiro atoms. The summed E-state index contributed by atoms with van der Waals surface area (Å²) >= 11 is 0. The first kappa shape index (κ1) is 23.5.